The number of benzene rings is 2. The topological polar surface area (TPSA) is 49.6 Å². The minimum atomic E-state index is 0.0110. The van der Waals surface area contributed by atoms with Crippen molar-refractivity contribution in [2.45, 2.75) is 0 Å². The third-order valence-electron chi connectivity index (χ3n) is 3.81. The fraction of sp³-hybridized carbons (Fsp3) is 0.235. The molecule has 1 aromatic heterocycles. The third kappa shape index (κ3) is 2.27. The second kappa shape index (κ2) is 5.18. The zero-order valence-electron chi connectivity index (χ0n) is 13.2. The van der Waals surface area contributed by atoms with Crippen molar-refractivity contribution < 1.29 is 0 Å². The van der Waals surface area contributed by atoms with E-state index < -0.39 is 0 Å². The van der Waals surface area contributed by atoms with Crippen LogP contribution in [-0.4, -0.2) is 28.2 Å². The van der Waals surface area contributed by atoms with Crippen LogP contribution in [0.4, 0.5) is 17.1 Å². The predicted molar refractivity (Wildman–Crippen MR) is 98.7 cm³/mol. The highest BCUT2D eigenvalue weighted by Gasteiger charge is 2.12. The van der Waals surface area contributed by atoms with E-state index in [2.05, 4.69) is 6.07 Å². The summed E-state index contributed by atoms with van der Waals surface area (Å²) in [4.78, 5) is 16.8. The lowest BCUT2D eigenvalue weighted by Crippen LogP contribution is -2.11. The molecule has 22 heavy (non-hydrogen) atoms. The summed E-state index contributed by atoms with van der Waals surface area (Å²) in [6, 6.07) is 9.80. The summed E-state index contributed by atoms with van der Waals surface area (Å²) in [5.41, 5.74) is 8.78. The van der Waals surface area contributed by atoms with E-state index >= 15 is 0 Å². The number of nitrogens with two attached hydrogens (primary N) is 1. The summed E-state index contributed by atoms with van der Waals surface area (Å²) in [6.07, 6.45) is 0. The van der Waals surface area contributed by atoms with Crippen LogP contribution < -0.4 is 21.0 Å². The Morgan fingerprint density at radius 3 is 2.18 bits per heavy atom. The van der Waals surface area contributed by atoms with Crippen LogP contribution in [0.3, 0.4) is 0 Å². The second-order valence-corrected chi connectivity index (χ2v) is 6.89. The number of nitrogen functional groups attached to an aromatic ring is 1. The number of hydrogen-bond donors (Lipinski definition) is 1. The Balaban J connectivity index is 2.41. The highest BCUT2D eigenvalue weighted by atomic mass is 32.1. The highest BCUT2D eigenvalue weighted by Crippen LogP contribution is 2.33. The average molecular weight is 313 g/mol. The van der Waals surface area contributed by atoms with E-state index in [1.165, 1.54) is 0 Å². The molecule has 0 bridgehead atoms. The van der Waals surface area contributed by atoms with Crippen molar-refractivity contribution in [2.75, 3.05) is 43.7 Å². The Morgan fingerprint density at radius 2 is 1.55 bits per heavy atom. The fourth-order valence-corrected chi connectivity index (χ4v) is 3.70. The Hall–Kier alpha value is -2.27. The molecular weight excluding hydrogens is 294 g/mol. The van der Waals surface area contributed by atoms with Gasteiger partial charge < -0.3 is 15.5 Å². The van der Waals surface area contributed by atoms with Crippen LogP contribution >= 0.6 is 11.3 Å². The van der Waals surface area contributed by atoms with Crippen molar-refractivity contribution in [1.82, 2.24) is 0 Å². The largest absolute Gasteiger partial charge is 0.398 e. The molecule has 0 saturated heterocycles. The fourth-order valence-electron chi connectivity index (χ4n) is 2.52. The van der Waals surface area contributed by atoms with Gasteiger partial charge in [-0.3, -0.25) is 4.79 Å². The molecule has 0 radical (unpaired) electrons. The van der Waals surface area contributed by atoms with E-state index in [-0.39, 0.29) is 5.43 Å². The molecule has 0 atom stereocenters. The van der Waals surface area contributed by atoms with Crippen LogP contribution in [0.5, 0.6) is 0 Å². The van der Waals surface area contributed by atoms with Gasteiger partial charge in [0.05, 0.1) is 5.39 Å². The first kappa shape index (κ1) is 14.7. The summed E-state index contributed by atoms with van der Waals surface area (Å²) in [5, 5.41) is 1.35. The van der Waals surface area contributed by atoms with E-state index in [0.717, 1.165) is 26.2 Å². The molecule has 5 heteroatoms. The van der Waals surface area contributed by atoms with Crippen molar-refractivity contribution in [3.05, 3.63) is 40.6 Å². The van der Waals surface area contributed by atoms with Crippen LogP contribution in [-0.2, 0) is 0 Å². The van der Waals surface area contributed by atoms with Crippen molar-refractivity contribution in [3.8, 4) is 0 Å². The lowest BCUT2D eigenvalue weighted by molar-refractivity contribution is 1.14. The number of fused-ring (bicyclic) bond motifs is 2. The molecule has 4 nitrogen and oxygen atoms in total. The third-order valence-corrected chi connectivity index (χ3v) is 4.91. The average Bonchev–Trinajstić information content (AvgIpc) is 2.45. The molecular formula is C17H19N3OS. The SMILES string of the molecule is CN(C)c1ccc2c(=O)c3c(N)cc(N(C)C)cc3sc2c1. The summed E-state index contributed by atoms with van der Waals surface area (Å²) >= 11 is 1.61. The van der Waals surface area contributed by atoms with Crippen molar-refractivity contribution in [2.24, 2.45) is 0 Å². The van der Waals surface area contributed by atoms with E-state index in [1.807, 2.05) is 62.3 Å². The molecule has 1 heterocycles. The van der Waals surface area contributed by atoms with Gasteiger partial charge in [-0.05, 0) is 30.3 Å². The summed E-state index contributed by atoms with van der Waals surface area (Å²) in [6.45, 7) is 0. The smallest absolute Gasteiger partial charge is 0.197 e. The van der Waals surface area contributed by atoms with Gasteiger partial charge in [0.1, 0.15) is 0 Å². The maximum Gasteiger partial charge on any atom is 0.197 e. The summed E-state index contributed by atoms with van der Waals surface area (Å²) < 4.78 is 1.91. The molecule has 0 aliphatic rings. The normalized spacial score (nSPS) is 11.1. The number of rotatable bonds is 2. The first-order chi connectivity index (χ1) is 10.4. The number of hydrogen-bond acceptors (Lipinski definition) is 5. The Labute approximate surface area is 133 Å². The molecule has 3 rings (SSSR count). The number of anilines is 3. The van der Waals surface area contributed by atoms with E-state index in [1.54, 1.807) is 11.3 Å². The second-order valence-electron chi connectivity index (χ2n) is 5.81. The Kier molecular flexibility index (Phi) is 3.45. The van der Waals surface area contributed by atoms with Gasteiger partial charge in [0, 0.05) is 60.0 Å². The lowest BCUT2D eigenvalue weighted by Gasteiger charge is -2.15. The standard InChI is InChI=1S/C17H19N3OS/c1-19(2)10-5-6-12-14(8-10)22-15-9-11(20(3)4)7-13(18)16(15)17(12)21/h5-9H,18H2,1-4H3. The molecule has 114 valence electrons. The van der Waals surface area contributed by atoms with Gasteiger partial charge in [0.15, 0.2) is 5.43 Å². The molecule has 0 aliphatic carbocycles. The Bertz CT molecular complexity index is 928. The molecule has 0 saturated carbocycles. The van der Waals surface area contributed by atoms with Crippen molar-refractivity contribution in [3.63, 3.8) is 0 Å². The van der Waals surface area contributed by atoms with Crippen LogP contribution in [0.25, 0.3) is 20.2 Å². The lowest BCUT2D eigenvalue weighted by atomic mass is 10.1. The van der Waals surface area contributed by atoms with Gasteiger partial charge in [0.25, 0.3) is 0 Å². The summed E-state index contributed by atoms with van der Waals surface area (Å²) in [7, 11) is 7.92. The van der Waals surface area contributed by atoms with E-state index in [0.29, 0.717) is 11.1 Å². The number of nitrogens with zero attached hydrogens (tertiary/aromatic N) is 2. The summed E-state index contributed by atoms with van der Waals surface area (Å²) in [5.74, 6) is 0. The first-order valence-electron chi connectivity index (χ1n) is 7.03. The molecule has 3 aromatic rings. The van der Waals surface area contributed by atoms with Gasteiger partial charge >= 0.3 is 0 Å². The van der Waals surface area contributed by atoms with Crippen LogP contribution in [0.15, 0.2) is 35.1 Å². The zero-order valence-corrected chi connectivity index (χ0v) is 14.0. The van der Waals surface area contributed by atoms with Crippen LogP contribution in [0.1, 0.15) is 0 Å². The van der Waals surface area contributed by atoms with E-state index in [9.17, 15) is 4.79 Å². The molecule has 2 N–H and O–H groups in total. The predicted octanol–water partition coefficient (Wildman–Crippen LogP) is 3.13. The van der Waals surface area contributed by atoms with Crippen molar-refractivity contribution >= 4 is 48.6 Å². The maximum absolute atomic E-state index is 12.8. The minimum absolute atomic E-state index is 0.0110. The molecule has 0 aliphatic heterocycles. The van der Waals surface area contributed by atoms with Gasteiger partial charge in [0.2, 0.25) is 0 Å². The highest BCUT2D eigenvalue weighted by molar-refractivity contribution is 7.24. The van der Waals surface area contributed by atoms with E-state index in [4.69, 9.17) is 5.73 Å². The maximum atomic E-state index is 12.8. The zero-order chi connectivity index (χ0) is 16.0. The molecule has 0 amide bonds. The van der Waals surface area contributed by atoms with Gasteiger partial charge in [-0.15, -0.1) is 11.3 Å². The van der Waals surface area contributed by atoms with Gasteiger partial charge in [-0.1, -0.05) is 0 Å². The van der Waals surface area contributed by atoms with Crippen LogP contribution in [0, 0.1) is 0 Å². The van der Waals surface area contributed by atoms with Crippen molar-refractivity contribution in [1.29, 1.82) is 0 Å². The molecule has 2 aromatic carbocycles. The molecule has 0 fully saturated rings. The Morgan fingerprint density at radius 1 is 0.909 bits per heavy atom. The quantitative estimate of drug-likeness (QED) is 0.583. The molecule has 0 spiro atoms. The van der Waals surface area contributed by atoms with Crippen LogP contribution in [0.2, 0.25) is 0 Å². The first-order valence-corrected chi connectivity index (χ1v) is 7.85. The van der Waals surface area contributed by atoms with Gasteiger partial charge in [-0.25, -0.2) is 0 Å². The minimum Gasteiger partial charge on any atom is -0.398 e. The monoisotopic (exact) mass is 313 g/mol. The molecule has 0 unspecified atom stereocenters. The van der Waals surface area contributed by atoms with Gasteiger partial charge in [-0.2, -0.15) is 0 Å².